The van der Waals surface area contributed by atoms with Crippen molar-refractivity contribution in [3.8, 4) is 0 Å². The summed E-state index contributed by atoms with van der Waals surface area (Å²) in [6.07, 6.45) is 0.461. The minimum Gasteiger partial charge on any atom is -0.448 e. The zero-order chi connectivity index (χ0) is 24.4. The number of anilines is 2. The third-order valence-corrected chi connectivity index (χ3v) is 4.93. The first kappa shape index (κ1) is 25.9. The minimum atomic E-state index is -0.928. The molecule has 0 aromatic carbocycles. The number of pyridine rings is 1. The van der Waals surface area contributed by atoms with Crippen molar-refractivity contribution in [3.63, 3.8) is 0 Å². The van der Waals surface area contributed by atoms with E-state index >= 15 is 0 Å². The van der Waals surface area contributed by atoms with E-state index in [9.17, 15) is 19.2 Å². The number of amides is 4. The van der Waals surface area contributed by atoms with E-state index in [0.717, 1.165) is 11.3 Å². The fourth-order valence-electron chi connectivity index (χ4n) is 2.32. The second-order valence-electron chi connectivity index (χ2n) is 7.82. The van der Waals surface area contributed by atoms with Crippen LogP contribution in [0.2, 0.25) is 0 Å². The van der Waals surface area contributed by atoms with Crippen LogP contribution in [0.4, 0.5) is 15.6 Å². The molecule has 11 nitrogen and oxygen atoms in total. The highest BCUT2D eigenvalue weighted by Gasteiger charge is 2.22. The maximum atomic E-state index is 12.7. The van der Waals surface area contributed by atoms with E-state index in [1.165, 1.54) is 24.4 Å². The van der Waals surface area contributed by atoms with Crippen LogP contribution < -0.4 is 21.3 Å². The van der Waals surface area contributed by atoms with Crippen molar-refractivity contribution in [3.05, 3.63) is 40.9 Å². The number of thiophene rings is 1. The van der Waals surface area contributed by atoms with Gasteiger partial charge in [-0.05, 0) is 23.6 Å². The zero-order valence-electron chi connectivity index (χ0n) is 18.6. The molecule has 5 N–H and O–H groups in total. The van der Waals surface area contributed by atoms with Crippen LogP contribution in [-0.2, 0) is 9.53 Å². The predicted octanol–water partition coefficient (Wildman–Crippen LogP) is 1.83. The molecule has 2 rings (SSSR count). The molecule has 2 aromatic heterocycles. The van der Waals surface area contributed by atoms with E-state index in [1.54, 1.807) is 26.2 Å². The van der Waals surface area contributed by atoms with Crippen LogP contribution in [0.15, 0.2) is 29.8 Å². The molecule has 33 heavy (non-hydrogen) atoms. The fourth-order valence-corrected chi connectivity index (χ4v) is 3.10. The average molecular weight is 478 g/mol. The number of nitrogens with one attached hydrogen (secondary N) is 4. The fraction of sp³-hybridized carbons (Fsp3) is 0.381. The van der Waals surface area contributed by atoms with E-state index in [2.05, 4.69) is 26.3 Å². The zero-order valence-corrected chi connectivity index (χ0v) is 19.4. The number of aliphatic hydroxyl groups excluding tert-OH is 1. The van der Waals surface area contributed by atoms with Crippen molar-refractivity contribution in [2.24, 2.45) is 5.41 Å². The summed E-state index contributed by atoms with van der Waals surface area (Å²) in [5.41, 5.74) is -0.307. The number of rotatable bonds is 9. The Bertz CT molecular complexity index is 1000. The van der Waals surface area contributed by atoms with Crippen molar-refractivity contribution in [1.29, 1.82) is 0 Å². The van der Waals surface area contributed by atoms with E-state index < -0.39 is 23.3 Å². The molecule has 0 fully saturated rings. The van der Waals surface area contributed by atoms with E-state index in [0.29, 0.717) is 13.1 Å². The number of hydrogen-bond donors (Lipinski definition) is 5. The Morgan fingerprint density at radius 2 is 1.85 bits per heavy atom. The largest absolute Gasteiger partial charge is 0.448 e. The van der Waals surface area contributed by atoms with Gasteiger partial charge in [0.1, 0.15) is 17.4 Å². The number of alkyl carbamates (subject to hydrolysis) is 1. The second-order valence-corrected chi connectivity index (χ2v) is 8.73. The molecule has 178 valence electrons. The molecule has 0 unspecified atom stereocenters. The van der Waals surface area contributed by atoms with Crippen molar-refractivity contribution >= 4 is 46.0 Å². The summed E-state index contributed by atoms with van der Waals surface area (Å²) in [7, 11) is 0. The number of imide groups is 1. The minimum absolute atomic E-state index is 0.0163. The predicted molar refractivity (Wildman–Crippen MR) is 123 cm³/mol. The highest BCUT2D eigenvalue weighted by Crippen LogP contribution is 2.24. The van der Waals surface area contributed by atoms with Gasteiger partial charge in [0.05, 0.1) is 12.2 Å². The summed E-state index contributed by atoms with van der Waals surface area (Å²) in [4.78, 5) is 53.0. The van der Waals surface area contributed by atoms with E-state index in [4.69, 9.17) is 9.84 Å². The van der Waals surface area contributed by atoms with E-state index in [1.807, 2.05) is 0 Å². The first-order valence-electron chi connectivity index (χ1n) is 10.1. The van der Waals surface area contributed by atoms with Crippen molar-refractivity contribution in [2.75, 3.05) is 36.9 Å². The van der Waals surface area contributed by atoms with Gasteiger partial charge in [0.25, 0.3) is 11.8 Å². The normalized spacial score (nSPS) is 10.9. The van der Waals surface area contributed by atoms with Crippen LogP contribution in [0.1, 0.15) is 41.5 Å². The molecular weight excluding hydrogens is 450 g/mol. The van der Waals surface area contributed by atoms with Crippen LogP contribution in [0.5, 0.6) is 0 Å². The number of nitrogens with zero attached hydrogens (tertiary/aromatic N) is 1. The Kier molecular flexibility index (Phi) is 9.45. The molecule has 0 atom stereocenters. The average Bonchev–Trinajstić information content (AvgIpc) is 3.21. The molecule has 0 saturated carbocycles. The van der Waals surface area contributed by atoms with Crippen LogP contribution in [0.3, 0.4) is 0 Å². The Morgan fingerprint density at radius 1 is 1.09 bits per heavy atom. The molecule has 12 heteroatoms. The van der Waals surface area contributed by atoms with Crippen molar-refractivity contribution in [2.45, 2.75) is 20.8 Å². The Balaban J connectivity index is 1.97. The van der Waals surface area contributed by atoms with E-state index in [-0.39, 0.29) is 41.1 Å². The number of carbonyl (C=O) groups is 4. The topological polar surface area (TPSA) is 159 Å². The summed E-state index contributed by atoms with van der Waals surface area (Å²) < 4.78 is 4.88. The molecule has 0 aliphatic carbocycles. The van der Waals surface area contributed by atoms with Gasteiger partial charge in [-0.2, -0.15) is 0 Å². The van der Waals surface area contributed by atoms with Crippen LogP contribution in [0, 0.1) is 5.41 Å². The standard InChI is InChI=1S/C21H27N5O6S/c1-21(2,3)19(30)24-15-12-13(4-6-23-15)16(28)25-18-14(5-11-33-18)17(29)26-20(31)32-10-8-22-7-9-27/h4-6,11-12,22,27H,7-10H2,1-3H3,(H,25,28)(H,23,24,30)(H,26,29,31). The number of ether oxygens (including phenoxy) is 1. The van der Waals surface area contributed by atoms with Gasteiger partial charge >= 0.3 is 6.09 Å². The van der Waals surface area contributed by atoms with Crippen molar-refractivity contribution in [1.82, 2.24) is 15.6 Å². The summed E-state index contributed by atoms with van der Waals surface area (Å²) in [5, 5.41) is 20.7. The maximum absolute atomic E-state index is 12.7. The first-order valence-corrected chi connectivity index (χ1v) is 11.0. The van der Waals surface area contributed by atoms with Crippen LogP contribution in [0.25, 0.3) is 0 Å². The highest BCUT2D eigenvalue weighted by atomic mass is 32.1. The molecule has 0 radical (unpaired) electrons. The number of aliphatic hydroxyl groups is 1. The highest BCUT2D eigenvalue weighted by molar-refractivity contribution is 7.14. The third-order valence-electron chi connectivity index (χ3n) is 4.10. The molecule has 4 amide bonds. The second kappa shape index (κ2) is 12.0. The Labute approximate surface area is 194 Å². The van der Waals surface area contributed by atoms with Crippen LogP contribution >= 0.6 is 11.3 Å². The van der Waals surface area contributed by atoms with Gasteiger partial charge in [-0.25, -0.2) is 9.78 Å². The summed E-state index contributed by atoms with van der Waals surface area (Å²) >= 11 is 1.11. The summed E-state index contributed by atoms with van der Waals surface area (Å²) in [5.74, 6) is -1.27. The number of carbonyl (C=O) groups excluding carboxylic acids is 4. The monoisotopic (exact) mass is 477 g/mol. The third kappa shape index (κ3) is 8.25. The summed E-state index contributed by atoms with van der Waals surface area (Å²) in [6, 6.07) is 4.36. The molecular formula is C21H27N5O6S. The smallest absolute Gasteiger partial charge is 0.414 e. The van der Waals surface area contributed by atoms with Gasteiger partial charge in [0.2, 0.25) is 5.91 Å². The summed E-state index contributed by atoms with van der Waals surface area (Å²) in [6.45, 7) is 5.94. The van der Waals surface area contributed by atoms with Gasteiger partial charge in [-0.1, -0.05) is 20.8 Å². The quantitative estimate of drug-likeness (QED) is 0.342. The molecule has 2 aromatic rings. The van der Waals surface area contributed by atoms with Crippen LogP contribution in [-0.4, -0.2) is 60.2 Å². The van der Waals surface area contributed by atoms with Gasteiger partial charge in [-0.3, -0.25) is 19.7 Å². The van der Waals surface area contributed by atoms with Gasteiger partial charge in [0, 0.05) is 30.3 Å². The van der Waals surface area contributed by atoms with Gasteiger partial charge in [0.15, 0.2) is 0 Å². The molecule has 0 aliphatic rings. The SMILES string of the molecule is CC(C)(C)C(=O)Nc1cc(C(=O)Nc2sccc2C(=O)NC(=O)OCCNCCO)ccn1. The van der Waals surface area contributed by atoms with Gasteiger partial charge in [-0.15, -0.1) is 11.3 Å². The molecule has 2 heterocycles. The Morgan fingerprint density at radius 3 is 2.55 bits per heavy atom. The molecule has 0 bridgehead atoms. The molecule has 0 spiro atoms. The first-order chi connectivity index (χ1) is 15.6. The molecule has 0 saturated heterocycles. The number of aromatic nitrogens is 1. The lowest BCUT2D eigenvalue weighted by atomic mass is 9.96. The van der Waals surface area contributed by atoms with Gasteiger partial charge < -0.3 is 25.8 Å². The lowest BCUT2D eigenvalue weighted by molar-refractivity contribution is -0.123. The molecule has 0 aliphatic heterocycles. The maximum Gasteiger partial charge on any atom is 0.414 e. The number of hydrogen-bond acceptors (Lipinski definition) is 9. The Hall–Kier alpha value is -3.35. The van der Waals surface area contributed by atoms with Crippen molar-refractivity contribution < 1.29 is 29.0 Å². The lowest BCUT2D eigenvalue weighted by Crippen LogP contribution is -2.33. The lowest BCUT2D eigenvalue weighted by Gasteiger charge is -2.17.